The van der Waals surface area contributed by atoms with Gasteiger partial charge in [-0.15, -0.1) is 13.2 Å². The van der Waals surface area contributed by atoms with E-state index in [0.29, 0.717) is 18.7 Å². The molecule has 0 aliphatic carbocycles. The largest absolute Gasteiger partial charge is 0.464 e. The van der Waals surface area contributed by atoms with Crippen LogP contribution in [0.5, 0.6) is 0 Å². The molecule has 0 fully saturated rings. The smallest absolute Gasteiger partial charge is 0.356 e. The maximum Gasteiger partial charge on any atom is 0.356 e. The fourth-order valence-corrected chi connectivity index (χ4v) is 3.13. The van der Waals surface area contributed by atoms with E-state index in [9.17, 15) is 9.90 Å². The topological polar surface area (TPSA) is 64.3 Å². The molecule has 0 radical (unpaired) electrons. The van der Waals surface area contributed by atoms with Crippen LogP contribution >= 0.6 is 0 Å². The van der Waals surface area contributed by atoms with Crippen LogP contribution in [0.4, 0.5) is 0 Å². The van der Waals surface area contributed by atoms with Crippen LogP contribution in [0.1, 0.15) is 28.7 Å². The molecule has 0 saturated carbocycles. The minimum Gasteiger partial charge on any atom is -0.464 e. The maximum atomic E-state index is 12.0. The zero-order chi connectivity index (χ0) is 18.0. The number of aromatic nitrogens is 2. The van der Waals surface area contributed by atoms with Gasteiger partial charge in [0, 0.05) is 22.8 Å². The highest BCUT2D eigenvalue weighted by Gasteiger charge is 2.22. The summed E-state index contributed by atoms with van der Waals surface area (Å²) in [6, 6.07) is 9.60. The molecule has 0 spiro atoms. The molecule has 1 unspecified atom stereocenters. The van der Waals surface area contributed by atoms with Gasteiger partial charge in [-0.1, -0.05) is 30.4 Å². The Labute approximate surface area is 145 Å². The van der Waals surface area contributed by atoms with E-state index in [4.69, 9.17) is 4.74 Å². The van der Waals surface area contributed by atoms with Crippen LogP contribution in [-0.4, -0.2) is 27.7 Å². The highest BCUT2D eigenvalue weighted by atomic mass is 16.5. The number of pyridine rings is 1. The van der Waals surface area contributed by atoms with Crippen molar-refractivity contribution in [1.82, 2.24) is 9.55 Å². The molecule has 25 heavy (non-hydrogen) atoms. The Morgan fingerprint density at radius 1 is 1.32 bits per heavy atom. The average molecular weight is 336 g/mol. The summed E-state index contributed by atoms with van der Waals surface area (Å²) in [6.07, 6.45) is 2.90. The number of carbonyl (C=O) groups excluding carboxylic acids is 1. The van der Waals surface area contributed by atoms with Crippen molar-refractivity contribution < 1.29 is 14.6 Å². The number of esters is 1. The molecule has 0 aliphatic heterocycles. The third-order valence-electron chi connectivity index (χ3n) is 4.19. The van der Waals surface area contributed by atoms with Crippen LogP contribution in [0, 0.1) is 0 Å². The van der Waals surface area contributed by atoms with Gasteiger partial charge in [0.2, 0.25) is 0 Å². The number of carbonyl (C=O) groups is 1. The average Bonchev–Trinajstić information content (AvgIpc) is 2.95. The van der Waals surface area contributed by atoms with E-state index in [1.807, 2.05) is 28.8 Å². The second-order valence-electron chi connectivity index (χ2n) is 5.74. The van der Waals surface area contributed by atoms with Gasteiger partial charge >= 0.3 is 5.97 Å². The fraction of sp³-hybridized carbons (Fsp3) is 0.200. The summed E-state index contributed by atoms with van der Waals surface area (Å²) in [5.41, 5.74) is 2.40. The SMILES string of the molecule is C=CCC(O)c1nc(C(=O)OC)cc2c3ccccc3n(CC=C)c12. The van der Waals surface area contributed by atoms with Crippen molar-refractivity contribution >= 4 is 27.8 Å². The number of hydrogen-bond acceptors (Lipinski definition) is 4. The van der Waals surface area contributed by atoms with Crippen molar-refractivity contribution in [2.45, 2.75) is 19.1 Å². The number of hydrogen-bond donors (Lipinski definition) is 1. The third-order valence-corrected chi connectivity index (χ3v) is 4.19. The summed E-state index contributed by atoms with van der Waals surface area (Å²) in [5.74, 6) is -0.533. The summed E-state index contributed by atoms with van der Waals surface area (Å²) in [4.78, 5) is 16.4. The van der Waals surface area contributed by atoms with Crippen molar-refractivity contribution in [2.24, 2.45) is 0 Å². The quantitative estimate of drug-likeness (QED) is 0.550. The van der Waals surface area contributed by atoms with E-state index in [1.54, 1.807) is 18.2 Å². The first-order valence-electron chi connectivity index (χ1n) is 8.02. The summed E-state index contributed by atoms with van der Waals surface area (Å²) >= 11 is 0. The maximum absolute atomic E-state index is 12.0. The van der Waals surface area contributed by atoms with E-state index in [0.717, 1.165) is 21.8 Å². The molecule has 3 aromatic rings. The summed E-state index contributed by atoms with van der Waals surface area (Å²) in [5, 5.41) is 12.4. The third kappa shape index (κ3) is 2.83. The number of rotatable bonds is 6. The van der Waals surface area contributed by atoms with Gasteiger partial charge in [0.05, 0.1) is 18.3 Å². The lowest BCUT2D eigenvalue weighted by molar-refractivity contribution is 0.0593. The van der Waals surface area contributed by atoms with Gasteiger partial charge in [-0.25, -0.2) is 9.78 Å². The number of nitrogens with zero attached hydrogens (tertiary/aromatic N) is 2. The zero-order valence-corrected chi connectivity index (χ0v) is 14.1. The molecule has 3 rings (SSSR count). The second kappa shape index (κ2) is 6.91. The van der Waals surface area contributed by atoms with Crippen LogP contribution in [0.15, 0.2) is 55.6 Å². The van der Waals surface area contributed by atoms with Gasteiger partial charge in [0.15, 0.2) is 0 Å². The van der Waals surface area contributed by atoms with E-state index < -0.39 is 12.1 Å². The Kier molecular flexibility index (Phi) is 4.67. The highest BCUT2D eigenvalue weighted by molar-refractivity contribution is 6.10. The number of fused-ring (bicyclic) bond motifs is 3. The molecular formula is C20H20N2O3. The van der Waals surface area contributed by atoms with Crippen molar-refractivity contribution in [3.8, 4) is 0 Å². The zero-order valence-electron chi connectivity index (χ0n) is 14.1. The van der Waals surface area contributed by atoms with Gasteiger partial charge in [0.25, 0.3) is 0 Å². The van der Waals surface area contributed by atoms with Crippen LogP contribution in [0.3, 0.4) is 0 Å². The summed E-state index contributed by atoms with van der Waals surface area (Å²) in [7, 11) is 1.31. The molecule has 0 amide bonds. The molecule has 5 heteroatoms. The standard InChI is InChI=1S/C20H20N2O3/c1-4-8-17(23)18-19-14(12-15(21-18)20(24)25-3)13-9-6-7-10-16(13)22(19)11-5-2/h4-7,9-10,12,17,23H,1-2,8,11H2,3H3. The molecule has 0 saturated heterocycles. The Hall–Kier alpha value is -2.92. The first-order valence-corrected chi connectivity index (χ1v) is 8.02. The van der Waals surface area contributed by atoms with Gasteiger partial charge in [-0.05, 0) is 18.6 Å². The Balaban J connectivity index is 2.45. The fourth-order valence-electron chi connectivity index (χ4n) is 3.13. The molecule has 0 aliphatic rings. The van der Waals surface area contributed by atoms with Crippen molar-refractivity contribution in [3.05, 3.63) is 67.0 Å². The lowest BCUT2D eigenvalue weighted by Gasteiger charge is -2.13. The first kappa shape index (κ1) is 16.9. The molecule has 2 aromatic heterocycles. The number of aliphatic hydroxyl groups is 1. The monoisotopic (exact) mass is 336 g/mol. The molecule has 2 heterocycles. The normalized spacial score (nSPS) is 12.2. The number of ether oxygens (including phenoxy) is 1. The Morgan fingerprint density at radius 2 is 2.08 bits per heavy atom. The van der Waals surface area contributed by atoms with Gasteiger partial charge < -0.3 is 14.4 Å². The first-order chi connectivity index (χ1) is 12.1. The minimum absolute atomic E-state index is 0.176. The lowest BCUT2D eigenvalue weighted by Crippen LogP contribution is -2.11. The van der Waals surface area contributed by atoms with E-state index in [2.05, 4.69) is 18.1 Å². The lowest BCUT2D eigenvalue weighted by atomic mass is 10.1. The molecule has 128 valence electrons. The van der Waals surface area contributed by atoms with Gasteiger partial charge in [-0.3, -0.25) is 0 Å². The Morgan fingerprint density at radius 3 is 2.76 bits per heavy atom. The number of para-hydroxylation sites is 1. The second-order valence-corrected chi connectivity index (χ2v) is 5.74. The molecule has 1 N–H and O–H groups in total. The highest BCUT2D eigenvalue weighted by Crippen LogP contribution is 2.34. The molecular weight excluding hydrogens is 316 g/mol. The van der Waals surface area contributed by atoms with Crippen LogP contribution in [-0.2, 0) is 11.3 Å². The predicted molar refractivity (Wildman–Crippen MR) is 98.5 cm³/mol. The van der Waals surface area contributed by atoms with Gasteiger partial charge in [-0.2, -0.15) is 0 Å². The van der Waals surface area contributed by atoms with Crippen LogP contribution in [0.25, 0.3) is 21.8 Å². The van der Waals surface area contributed by atoms with Crippen LogP contribution in [0.2, 0.25) is 0 Å². The van der Waals surface area contributed by atoms with Crippen molar-refractivity contribution in [3.63, 3.8) is 0 Å². The van der Waals surface area contributed by atoms with E-state index >= 15 is 0 Å². The summed E-state index contributed by atoms with van der Waals surface area (Å²) < 4.78 is 6.87. The summed E-state index contributed by atoms with van der Waals surface area (Å²) in [6.45, 7) is 8.07. The molecule has 1 atom stereocenters. The molecule has 0 bridgehead atoms. The number of benzene rings is 1. The minimum atomic E-state index is -0.863. The number of allylic oxidation sites excluding steroid dienone is 1. The van der Waals surface area contributed by atoms with Gasteiger partial charge in [0.1, 0.15) is 11.8 Å². The Bertz CT molecular complexity index is 972. The van der Waals surface area contributed by atoms with Crippen molar-refractivity contribution in [1.29, 1.82) is 0 Å². The van der Waals surface area contributed by atoms with Crippen LogP contribution < -0.4 is 0 Å². The van der Waals surface area contributed by atoms with E-state index in [-0.39, 0.29) is 5.69 Å². The molecule has 1 aromatic carbocycles. The molecule has 5 nitrogen and oxygen atoms in total. The number of methoxy groups -OCH3 is 1. The van der Waals surface area contributed by atoms with Crippen molar-refractivity contribution in [2.75, 3.05) is 7.11 Å². The predicted octanol–water partition coefficient (Wildman–Crippen LogP) is 3.77. The van der Waals surface area contributed by atoms with E-state index in [1.165, 1.54) is 7.11 Å². The number of aliphatic hydroxyl groups excluding tert-OH is 1.